The monoisotopic (exact) mass is 469 g/mol. The Hall–Kier alpha value is -1.85. The average Bonchev–Trinajstić information content (AvgIpc) is 3.69. The van der Waals surface area contributed by atoms with Gasteiger partial charge in [-0.2, -0.15) is 0 Å². The molecule has 4 nitrogen and oxygen atoms in total. The van der Waals surface area contributed by atoms with Gasteiger partial charge in [0.1, 0.15) is 5.60 Å². The maximum absolute atomic E-state index is 13.4. The van der Waals surface area contributed by atoms with Gasteiger partial charge in [0.05, 0.1) is 18.2 Å². The summed E-state index contributed by atoms with van der Waals surface area (Å²) in [6, 6.07) is 18.7. The van der Waals surface area contributed by atoms with Gasteiger partial charge in [-0.05, 0) is 61.8 Å². The number of nitrogens with zero attached hydrogens (tertiary/aromatic N) is 1. The second-order valence-electron chi connectivity index (χ2n) is 9.24. The number of rotatable bonds is 7. The van der Waals surface area contributed by atoms with Crippen LogP contribution in [0.1, 0.15) is 56.2 Å². The Morgan fingerprint density at radius 2 is 1.80 bits per heavy atom. The molecule has 5 heteroatoms. The van der Waals surface area contributed by atoms with Gasteiger partial charge in [-0.1, -0.05) is 58.4 Å². The first-order valence-electron chi connectivity index (χ1n) is 10.9. The lowest BCUT2D eigenvalue weighted by atomic mass is 9.82. The van der Waals surface area contributed by atoms with Crippen LogP contribution in [0, 0.1) is 5.92 Å². The molecule has 0 bridgehead atoms. The molecule has 2 aromatic rings. The normalized spacial score (nSPS) is 29.4. The molecular weight excluding hydrogens is 442 g/mol. The van der Waals surface area contributed by atoms with Crippen LogP contribution in [0.15, 0.2) is 59.1 Å². The zero-order valence-electron chi connectivity index (χ0n) is 17.4. The fraction of sp³-hybridized carbons (Fsp3) is 0.480. The minimum atomic E-state index is -0.572. The Morgan fingerprint density at radius 1 is 1.10 bits per heavy atom. The lowest BCUT2D eigenvalue weighted by molar-refractivity contribution is -0.0720. The summed E-state index contributed by atoms with van der Waals surface area (Å²) in [5, 5.41) is 0. The summed E-state index contributed by atoms with van der Waals surface area (Å²) in [5.41, 5.74) is 1.66. The van der Waals surface area contributed by atoms with E-state index in [0.717, 1.165) is 35.9 Å². The number of ether oxygens (including phenoxy) is 2. The van der Waals surface area contributed by atoms with Crippen molar-refractivity contribution in [3.05, 3.63) is 70.2 Å². The average molecular weight is 470 g/mol. The van der Waals surface area contributed by atoms with E-state index in [1.165, 1.54) is 18.4 Å². The molecule has 30 heavy (non-hydrogen) atoms. The van der Waals surface area contributed by atoms with Crippen molar-refractivity contribution in [2.75, 3.05) is 13.2 Å². The first kappa shape index (κ1) is 20.1. The molecule has 1 unspecified atom stereocenters. The SMILES string of the molecule is CC1(CC[C@]2(c3ccccc3)CCN([C@H](c3ccc(Br)cc3)C3CC3)C(=O)O2)CO1. The molecule has 3 aliphatic rings. The maximum atomic E-state index is 13.4. The Labute approximate surface area is 186 Å². The Bertz CT molecular complexity index is 908. The number of carbonyl (C=O) groups excluding carboxylic acids is 1. The molecule has 158 valence electrons. The predicted octanol–water partition coefficient (Wildman–Crippen LogP) is 6.21. The van der Waals surface area contributed by atoms with E-state index in [4.69, 9.17) is 9.47 Å². The molecule has 3 fully saturated rings. The largest absolute Gasteiger partial charge is 0.438 e. The van der Waals surface area contributed by atoms with Crippen molar-refractivity contribution in [1.29, 1.82) is 0 Å². The second-order valence-corrected chi connectivity index (χ2v) is 10.2. The highest BCUT2D eigenvalue weighted by molar-refractivity contribution is 9.10. The van der Waals surface area contributed by atoms with Crippen LogP contribution >= 0.6 is 15.9 Å². The van der Waals surface area contributed by atoms with Crippen molar-refractivity contribution >= 4 is 22.0 Å². The Morgan fingerprint density at radius 3 is 2.40 bits per heavy atom. The molecule has 3 atom stereocenters. The third-order valence-corrected chi connectivity index (χ3v) is 7.41. The number of epoxide rings is 1. The number of cyclic esters (lactones) is 1. The molecule has 1 saturated carbocycles. The first-order valence-corrected chi connectivity index (χ1v) is 11.7. The standard InChI is InChI=1S/C25H28BrNO3/c1-24(17-29-24)13-14-25(20-5-3-2-4-6-20)15-16-27(23(28)30-25)22(18-7-8-18)19-9-11-21(26)12-10-19/h2-6,9-12,18,22H,7-8,13-17H2,1H3/t22-,24?,25+/m0/s1. The highest BCUT2D eigenvalue weighted by atomic mass is 79.9. The van der Waals surface area contributed by atoms with Gasteiger partial charge in [0.25, 0.3) is 0 Å². The lowest BCUT2D eigenvalue weighted by Crippen LogP contribution is -2.50. The second kappa shape index (κ2) is 7.69. The molecule has 0 aromatic heterocycles. The van der Waals surface area contributed by atoms with Crippen LogP contribution < -0.4 is 0 Å². The summed E-state index contributed by atoms with van der Waals surface area (Å²) in [7, 11) is 0. The van der Waals surface area contributed by atoms with E-state index in [-0.39, 0.29) is 17.7 Å². The van der Waals surface area contributed by atoms with Crippen LogP contribution in [0.2, 0.25) is 0 Å². The quantitative estimate of drug-likeness (QED) is 0.452. The number of hydrogen-bond donors (Lipinski definition) is 0. The summed E-state index contributed by atoms with van der Waals surface area (Å²) in [5.74, 6) is 0.529. The van der Waals surface area contributed by atoms with Crippen molar-refractivity contribution in [2.24, 2.45) is 5.92 Å². The lowest BCUT2D eigenvalue weighted by Gasteiger charge is -2.44. The predicted molar refractivity (Wildman–Crippen MR) is 119 cm³/mol. The van der Waals surface area contributed by atoms with E-state index in [9.17, 15) is 4.79 Å². The third kappa shape index (κ3) is 4.02. The zero-order valence-corrected chi connectivity index (χ0v) is 18.9. The molecular formula is C25H28BrNO3. The minimum absolute atomic E-state index is 0.0563. The van der Waals surface area contributed by atoms with Gasteiger partial charge in [-0.25, -0.2) is 4.79 Å². The molecule has 0 radical (unpaired) electrons. The van der Waals surface area contributed by atoms with Gasteiger partial charge in [-0.3, -0.25) is 0 Å². The summed E-state index contributed by atoms with van der Waals surface area (Å²) >= 11 is 3.52. The minimum Gasteiger partial charge on any atom is -0.438 e. The number of hydrogen-bond acceptors (Lipinski definition) is 3. The third-order valence-electron chi connectivity index (χ3n) is 6.88. The summed E-state index contributed by atoms with van der Waals surface area (Å²) in [4.78, 5) is 15.4. The smallest absolute Gasteiger partial charge is 0.411 e. The van der Waals surface area contributed by atoms with Crippen molar-refractivity contribution in [2.45, 2.75) is 56.3 Å². The molecule has 1 aliphatic carbocycles. The van der Waals surface area contributed by atoms with Crippen molar-refractivity contribution in [1.82, 2.24) is 4.90 Å². The molecule has 2 heterocycles. The molecule has 2 aliphatic heterocycles. The highest BCUT2D eigenvalue weighted by Gasteiger charge is 2.49. The zero-order chi connectivity index (χ0) is 20.8. The molecule has 1 amide bonds. The van der Waals surface area contributed by atoms with Gasteiger partial charge < -0.3 is 14.4 Å². The van der Waals surface area contributed by atoms with Gasteiger partial charge in [0.15, 0.2) is 0 Å². The summed E-state index contributed by atoms with van der Waals surface area (Å²) < 4.78 is 13.0. The molecule has 2 saturated heterocycles. The molecule has 5 rings (SSSR count). The molecule has 0 N–H and O–H groups in total. The highest BCUT2D eigenvalue weighted by Crippen LogP contribution is 2.49. The van der Waals surface area contributed by atoms with Crippen LogP contribution in [-0.4, -0.2) is 29.7 Å². The number of amides is 1. The van der Waals surface area contributed by atoms with Crippen LogP contribution in [0.4, 0.5) is 4.79 Å². The van der Waals surface area contributed by atoms with Crippen LogP contribution in [0.3, 0.4) is 0 Å². The molecule has 0 spiro atoms. The van der Waals surface area contributed by atoms with Crippen molar-refractivity contribution < 1.29 is 14.3 Å². The van der Waals surface area contributed by atoms with Gasteiger partial charge in [0, 0.05) is 17.4 Å². The topological polar surface area (TPSA) is 42.1 Å². The van der Waals surface area contributed by atoms with Crippen molar-refractivity contribution in [3.8, 4) is 0 Å². The van der Waals surface area contributed by atoms with E-state index in [2.05, 4.69) is 59.3 Å². The van der Waals surface area contributed by atoms with E-state index in [1.54, 1.807) is 0 Å². The van der Waals surface area contributed by atoms with Gasteiger partial charge in [-0.15, -0.1) is 0 Å². The fourth-order valence-electron chi connectivity index (χ4n) is 4.70. The van der Waals surface area contributed by atoms with Crippen molar-refractivity contribution in [3.63, 3.8) is 0 Å². The maximum Gasteiger partial charge on any atom is 0.411 e. The number of carbonyl (C=O) groups is 1. The van der Waals surface area contributed by atoms with E-state index in [1.807, 2.05) is 23.1 Å². The number of benzene rings is 2. The Kier molecular flexibility index (Phi) is 5.14. The van der Waals surface area contributed by atoms with Gasteiger partial charge >= 0.3 is 6.09 Å². The van der Waals surface area contributed by atoms with E-state index >= 15 is 0 Å². The van der Waals surface area contributed by atoms with E-state index < -0.39 is 5.60 Å². The number of halogens is 1. The van der Waals surface area contributed by atoms with Crippen LogP contribution in [-0.2, 0) is 15.1 Å². The molecule has 2 aromatic carbocycles. The Balaban J connectivity index is 1.40. The summed E-state index contributed by atoms with van der Waals surface area (Å²) in [6.45, 7) is 3.65. The fourth-order valence-corrected chi connectivity index (χ4v) is 4.96. The first-order chi connectivity index (χ1) is 14.5. The van der Waals surface area contributed by atoms with Gasteiger partial charge in [0.2, 0.25) is 0 Å². The summed E-state index contributed by atoms with van der Waals surface area (Å²) in [6.07, 6.45) is 4.65. The van der Waals surface area contributed by atoms with E-state index in [0.29, 0.717) is 12.5 Å². The van der Waals surface area contributed by atoms with Crippen LogP contribution in [0.5, 0.6) is 0 Å². The van der Waals surface area contributed by atoms with Crippen LogP contribution in [0.25, 0.3) is 0 Å².